The van der Waals surface area contributed by atoms with Crippen LogP contribution in [0, 0.1) is 13.8 Å². The van der Waals surface area contributed by atoms with Crippen LogP contribution in [0.2, 0.25) is 0 Å². The fourth-order valence-corrected chi connectivity index (χ4v) is 4.66. The highest BCUT2D eigenvalue weighted by atomic mass is 16.6. The standard InChI is InChI=1S/C34H41N3O7/c1-22-19-27(41-18-17-34(6,7)36-32(40)43-33(3,4)5)15-16-28(22)29-10-8-9-25(23(29)2)21-42-26-13-11-24(12-14-26)20-37-30(38)35-31(39)44-37/h8-16,19H,17-18,20-21H2,1-7H3,(H,36,40)(H,35,38,39). The normalized spacial score (nSPS) is 11.7. The van der Waals surface area contributed by atoms with Crippen LogP contribution in [-0.4, -0.2) is 33.6 Å². The molecular weight excluding hydrogens is 562 g/mol. The van der Waals surface area contributed by atoms with Gasteiger partial charge < -0.3 is 24.1 Å². The molecule has 4 aromatic rings. The number of alkyl carbamates (subject to hydrolysis) is 1. The summed E-state index contributed by atoms with van der Waals surface area (Å²) in [5.74, 6) is 0.671. The fraction of sp³-hybridized carbons (Fsp3) is 0.382. The monoisotopic (exact) mass is 603 g/mol. The summed E-state index contributed by atoms with van der Waals surface area (Å²) in [5.41, 5.74) is 4.67. The van der Waals surface area contributed by atoms with Crippen molar-refractivity contribution in [2.75, 3.05) is 6.61 Å². The Bertz CT molecular complexity index is 1710. The number of carbonyl (C=O) groups excluding carboxylic acids is 1. The molecule has 0 radical (unpaired) electrons. The van der Waals surface area contributed by atoms with Crippen molar-refractivity contribution < 1.29 is 23.5 Å². The first kappa shape index (κ1) is 32.2. The van der Waals surface area contributed by atoms with E-state index < -0.39 is 28.7 Å². The van der Waals surface area contributed by atoms with Crippen LogP contribution in [0.15, 0.2) is 74.8 Å². The number of benzene rings is 3. The van der Waals surface area contributed by atoms with Gasteiger partial charge in [0.15, 0.2) is 0 Å². The van der Waals surface area contributed by atoms with E-state index in [4.69, 9.17) is 18.7 Å². The Kier molecular flexibility index (Phi) is 9.71. The zero-order chi connectivity index (χ0) is 32.1. The number of nitrogens with zero attached hydrogens (tertiary/aromatic N) is 1. The number of aromatic nitrogens is 2. The molecule has 10 heteroatoms. The number of hydrogen-bond acceptors (Lipinski definition) is 7. The highest BCUT2D eigenvalue weighted by molar-refractivity contribution is 5.72. The zero-order valence-electron chi connectivity index (χ0n) is 26.4. The van der Waals surface area contributed by atoms with Gasteiger partial charge in [0.25, 0.3) is 0 Å². The molecule has 2 N–H and O–H groups in total. The molecule has 0 fully saturated rings. The molecule has 0 aliphatic heterocycles. The number of hydrogen-bond donors (Lipinski definition) is 2. The highest BCUT2D eigenvalue weighted by Crippen LogP contribution is 2.31. The highest BCUT2D eigenvalue weighted by Gasteiger charge is 2.24. The second-order valence-corrected chi connectivity index (χ2v) is 12.5. The van der Waals surface area contributed by atoms with Gasteiger partial charge in [0.1, 0.15) is 23.7 Å². The lowest BCUT2D eigenvalue weighted by Gasteiger charge is -2.28. The summed E-state index contributed by atoms with van der Waals surface area (Å²) in [4.78, 5) is 37.1. The first-order valence-corrected chi connectivity index (χ1v) is 14.5. The molecule has 1 aromatic heterocycles. The second kappa shape index (κ2) is 13.3. The van der Waals surface area contributed by atoms with Gasteiger partial charge in [-0.2, -0.15) is 0 Å². The molecule has 234 valence electrons. The summed E-state index contributed by atoms with van der Waals surface area (Å²) in [7, 11) is 0. The Morgan fingerprint density at radius 3 is 2.25 bits per heavy atom. The van der Waals surface area contributed by atoms with E-state index in [1.165, 1.54) is 0 Å². The van der Waals surface area contributed by atoms with Crippen LogP contribution >= 0.6 is 0 Å². The minimum absolute atomic E-state index is 0.144. The SMILES string of the molecule is Cc1cc(OCCC(C)(C)NC(=O)OC(C)(C)C)ccc1-c1cccc(COc2ccc(Cn3oc(=O)[nH]c3=O)cc2)c1C. The zero-order valence-corrected chi connectivity index (χ0v) is 26.4. The van der Waals surface area contributed by atoms with Crippen LogP contribution in [0.1, 0.15) is 63.3 Å². The van der Waals surface area contributed by atoms with Gasteiger partial charge in [-0.05, 0) is 106 Å². The van der Waals surface area contributed by atoms with E-state index in [1.54, 1.807) is 0 Å². The number of ether oxygens (including phenoxy) is 3. The molecule has 1 heterocycles. The summed E-state index contributed by atoms with van der Waals surface area (Å²) >= 11 is 0. The van der Waals surface area contributed by atoms with Gasteiger partial charge in [0, 0.05) is 12.0 Å². The maximum Gasteiger partial charge on any atom is 0.440 e. The van der Waals surface area contributed by atoms with E-state index in [9.17, 15) is 14.4 Å². The third kappa shape index (κ3) is 8.89. The van der Waals surface area contributed by atoms with Crippen molar-refractivity contribution in [3.63, 3.8) is 0 Å². The molecule has 44 heavy (non-hydrogen) atoms. The fourth-order valence-electron chi connectivity index (χ4n) is 4.66. The van der Waals surface area contributed by atoms with Crippen molar-refractivity contribution in [1.82, 2.24) is 15.0 Å². The average Bonchev–Trinajstić information content (AvgIpc) is 3.23. The lowest BCUT2D eigenvalue weighted by atomic mass is 9.93. The number of nitrogens with one attached hydrogen (secondary N) is 2. The third-order valence-corrected chi connectivity index (χ3v) is 7.04. The van der Waals surface area contributed by atoms with Gasteiger partial charge >= 0.3 is 17.5 Å². The summed E-state index contributed by atoms with van der Waals surface area (Å²) in [5, 5.41) is 2.91. The number of carbonyl (C=O) groups is 1. The molecule has 1 amide bonds. The van der Waals surface area contributed by atoms with E-state index in [0.717, 1.165) is 43.9 Å². The van der Waals surface area contributed by atoms with Crippen molar-refractivity contribution >= 4 is 6.09 Å². The first-order valence-electron chi connectivity index (χ1n) is 14.5. The van der Waals surface area contributed by atoms with Gasteiger partial charge in [-0.25, -0.2) is 19.4 Å². The molecule has 0 saturated carbocycles. The van der Waals surface area contributed by atoms with Crippen molar-refractivity contribution in [2.24, 2.45) is 0 Å². The van der Waals surface area contributed by atoms with Gasteiger partial charge in [-0.1, -0.05) is 36.4 Å². The maximum atomic E-state index is 12.2. The summed E-state index contributed by atoms with van der Waals surface area (Å²) in [6.07, 6.45) is 0.172. The average molecular weight is 604 g/mol. The second-order valence-electron chi connectivity index (χ2n) is 12.5. The molecule has 0 spiro atoms. The minimum atomic E-state index is -0.780. The molecule has 3 aromatic carbocycles. The van der Waals surface area contributed by atoms with Crippen LogP contribution in [-0.2, 0) is 17.9 Å². The van der Waals surface area contributed by atoms with Gasteiger partial charge in [-0.15, -0.1) is 4.74 Å². The number of amides is 1. The summed E-state index contributed by atoms with van der Waals surface area (Å²) in [6, 6.07) is 19.5. The Hall–Kier alpha value is -4.73. The van der Waals surface area contributed by atoms with Gasteiger partial charge in [-0.3, -0.25) is 0 Å². The Balaban J connectivity index is 1.34. The topological polar surface area (TPSA) is 125 Å². The predicted molar refractivity (Wildman–Crippen MR) is 168 cm³/mol. The Morgan fingerprint density at radius 2 is 1.61 bits per heavy atom. The van der Waals surface area contributed by atoms with Gasteiger partial charge in [0.2, 0.25) is 0 Å². The molecule has 0 aliphatic rings. The minimum Gasteiger partial charge on any atom is -0.493 e. The predicted octanol–water partition coefficient (Wildman–Crippen LogP) is 6.11. The third-order valence-electron chi connectivity index (χ3n) is 7.04. The number of aryl methyl sites for hydroxylation is 1. The van der Waals surface area contributed by atoms with Crippen molar-refractivity contribution in [3.05, 3.63) is 104 Å². The van der Waals surface area contributed by atoms with E-state index in [-0.39, 0.29) is 6.54 Å². The van der Waals surface area contributed by atoms with E-state index in [2.05, 4.69) is 36.3 Å². The van der Waals surface area contributed by atoms with Crippen molar-refractivity contribution in [2.45, 2.75) is 79.2 Å². The largest absolute Gasteiger partial charge is 0.493 e. The number of rotatable bonds is 11. The molecule has 10 nitrogen and oxygen atoms in total. The van der Waals surface area contributed by atoms with Crippen LogP contribution < -0.4 is 26.2 Å². The molecule has 4 rings (SSSR count). The van der Waals surface area contributed by atoms with Crippen LogP contribution in [0.25, 0.3) is 11.1 Å². The van der Waals surface area contributed by atoms with Gasteiger partial charge in [0.05, 0.1) is 13.2 Å². The molecular formula is C34H41N3O7. The lowest BCUT2D eigenvalue weighted by molar-refractivity contribution is 0.0461. The van der Waals surface area contributed by atoms with Crippen molar-refractivity contribution in [1.29, 1.82) is 0 Å². The summed E-state index contributed by atoms with van der Waals surface area (Å²) in [6.45, 7) is 14.5. The Morgan fingerprint density at radius 1 is 0.909 bits per heavy atom. The molecule has 0 aliphatic carbocycles. The molecule has 0 unspecified atom stereocenters. The number of aromatic amines is 1. The van der Waals surface area contributed by atoms with E-state index >= 15 is 0 Å². The van der Waals surface area contributed by atoms with E-state index in [1.807, 2.05) is 83.1 Å². The molecule has 0 atom stereocenters. The first-order chi connectivity index (χ1) is 20.7. The van der Waals surface area contributed by atoms with Crippen LogP contribution in [0.3, 0.4) is 0 Å². The lowest BCUT2D eigenvalue weighted by Crippen LogP contribution is -2.46. The van der Waals surface area contributed by atoms with Crippen molar-refractivity contribution in [3.8, 4) is 22.6 Å². The molecule has 0 saturated heterocycles. The molecule has 0 bridgehead atoms. The smallest absolute Gasteiger partial charge is 0.440 e. The maximum absolute atomic E-state index is 12.2. The quantitative estimate of drug-likeness (QED) is 0.212. The van der Waals surface area contributed by atoms with E-state index in [0.29, 0.717) is 25.4 Å². The number of H-pyrrole nitrogens is 1. The van der Waals surface area contributed by atoms with Crippen LogP contribution in [0.5, 0.6) is 11.5 Å². The summed E-state index contributed by atoms with van der Waals surface area (Å²) < 4.78 is 23.3. The van der Waals surface area contributed by atoms with Crippen LogP contribution in [0.4, 0.5) is 4.79 Å². The Labute approximate surface area is 256 Å².